The number of rotatable bonds is 4. The number of aromatic hydroxyl groups is 1. The van der Waals surface area contributed by atoms with E-state index in [4.69, 9.17) is 4.74 Å². The first kappa shape index (κ1) is 17.4. The molecule has 25 heavy (non-hydrogen) atoms. The van der Waals surface area contributed by atoms with Crippen LogP contribution in [0.5, 0.6) is 5.75 Å². The number of para-hydroxylation sites is 1. The maximum absolute atomic E-state index is 12.0. The summed E-state index contributed by atoms with van der Waals surface area (Å²) < 4.78 is 5.11. The van der Waals surface area contributed by atoms with Crippen molar-refractivity contribution in [3.63, 3.8) is 0 Å². The Kier molecular flexibility index (Phi) is 5.34. The monoisotopic (exact) mass is 355 g/mol. The van der Waals surface area contributed by atoms with Gasteiger partial charge >= 0.3 is 5.97 Å². The predicted octanol–water partition coefficient (Wildman–Crippen LogP) is 4.22. The van der Waals surface area contributed by atoms with E-state index in [-0.39, 0.29) is 12.5 Å². The van der Waals surface area contributed by atoms with Gasteiger partial charge in [-0.15, -0.1) is 0 Å². The van der Waals surface area contributed by atoms with Crippen LogP contribution < -0.4 is 4.90 Å². The zero-order valence-electron chi connectivity index (χ0n) is 14.4. The third kappa shape index (κ3) is 4.17. The zero-order valence-corrected chi connectivity index (χ0v) is 15.2. The molecule has 0 bridgehead atoms. The summed E-state index contributed by atoms with van der Waals surface area (Å²) in [5, 5.41) is 9.69. The second-order valence-corrected chi connectivity index (χ2v) is 7.06. The highest BCUT2D eigenvalue weighted by atomic mass is 32.2. The van der Waals surface area contributed by atoms with Gasteiger partial charge in [-0.05, 0) is 55.3 Å². The van der Waals surface area contributed by atoms with E-state index in [1.165, 1.54) is 0 Å². The highest BCUT2D eigenvalue weighted by Crippen LogP contribution is 2.41. The summed E-state index contributed by atoms with van der Waals surface area (Å²) in [6.07, 6.45) is 2.10. The van der Waals surface area contributed by atoms with E-state index in [1.807, 2.05) is 49.1 Å². The number of benzene rings is 2. The summed E-state index contributed by atoms with van der Waals surface area (Å²) in [6, 6.07) is 13.6. The lowest BCUT2D eigenvalue weighted by atomic mass is 10.1. The van der Waals surface area contributed by atoms with E-state index in [9.17, 15) is 9.90 Å². The van der Waals surface area contributed by atoms with E-state index in [0.29, 0.717) is 18.9 Å². The van der Waals surface area contributed by atoms with Gasteiger partial charge in [-0.25, -0.2) is 0 Å². The molecular formula is C20H21NO3S. The Morgan fingerprint density at radius 3 is 2.88 bits per heavy atom. The van der Waals surface area contributed by atoms with Crippen LogP contribution in [0.25, 0.3) is 6.08 Å². The lowest BCUT2D eigenvalue weighted by Crippen LogP contribution is -2.34. The number of phenolic OH excluding ortho intramolecular Hbond substituents is 1. The average molecular weight is 355 g/mol. The van der Waals surface area contributed by atoms with E-state index in [2.05, 4.69) is 12.1 Å². The summed E-state index contributed by atoms with van der Waals surface area (Å²) >= 11 is 1.71. The Morgan fingerprint density at radius 2 is 2.12 bits per heavy atom. The fourth-order valence-corrected chi connectivity index (χ4v) is 3.93. The molecule has 3 rings (SSSR count). The van der Waals surface area contributed by atoms with E-state index < -0.39 is 0 Å². The van der Waals surface area contributed by atoms with Crippen LogP contribution in [-0.2, 0) is 9.53 Å². The first-order chi connectivity index (χ1) is 12.1. The molecule has 0 fully saturated rings. The predicted molar refractivity (Wildman–Crippen MR) is 102 cm³/mol. The summed E-state index contributed by atoms with van der Waals surface area (Å²) in [5.41, 5.74) is 2.94. The number of carbonyl (C=O) groups excluding carboxylic acids is 1. The Morgan fingerprint density at radius 1 is 1.32 bits per heavy atom. The van der Waals surface area contributed by atoms with Gasteiger partial charge in [0.1, 0.15) is 12.3 Å². The van der Waals surface area contributed by atoms with Gasteiger partial charge in [0.15, 0.2) is 0 Å². The molecule has 130 valence electrons. The average Bonchev–Trinajstić information content (AvgIpc) is 2.58. The molecule has 1 heterocycles. The van der Waals surface area contributed by atoms with Gasteiger partial charge in [0.2, 0.25) is 0 Å². The second-order valence-electron chi connectivity index (χ2n) is 5.89. The first-order valence-electron chi connectivity index (χ1n) is 8.24. The molecule has 4 nitrogen and oxygen atoms in total. The minimum absolute atomic E-state index is 0.218. The number of hydrogen-bond acceptors (Lipinski definition) is 5. The van der Waals surface area contributed by atoms with Crippen molar-refractivity contribution in [2.24, 2.45) is 0 Å². The number of hydrogen-bond donors (Lipinski definition) is 1. The van der Waals surface area contributed by atoms with Crippen LogP contribution in [0.15, 0.2) is 52.3 Å². The lowest BCUT2D eigenvalue weighted by Gasteiger charge is -2.31. The fourth-order valence-electron chi connectivity index (χ4n) is 2.78. The fraction of sp³-hybridized carbons (Fsp3) is 0.250. The molecule has 1 N–H and O–H groups in total. The van der Waals surface area contributed by atoms with Gasteiger partial charge < -0.3 is 14.7 Å². The van der Waals surface area contributed by atoms with Gasteiger partial charge in [0.05, 0.1) is 12.3 Å². The molecular weight excluding hydrogens is 334 g/mol. The van der Waals surface area contributed by atoms with Crippen LogP contribution in [0.4, 0.5) is 5.69 Å². The number of carbonyl (C=O) groups is 1. The molecule has 1 aliphatic rings. The van der Waals surface area contributed by atoms with Gasteiger partial charge in [0, 0.05) is 16.3 Å². The SMILES string of the molecule is CCOC(=O)CN1CC(=Cc2ccc(O)c(C)c2)Sc2ccccc21. The maximum Gasteiger partial charge on any atom is 0.325 e. The van der Waals surface area contributed by atoms with Gasteiger partial charge in [-0.2, -0.15) is 0 Å². The molecule has 0 aromatic heterocycles. The normalized spacial score (nSPS) is 15.1. The molecule has 0 atom stereocenters. The number of ether oxygens (including phenoxy) is 1. The van der Waals surface area contributed by atoms with Gasteiger partial charge in [-0.1, -0.05) is 30.0 Å². The summed E-state index contributed by atoms with van der Waals surface area (Å²) in [6.45, 7) is 4.97. The standard InChI is InChI=1S/C20H21NO3S/c1-3-24-20(23)13-21-12-16(25-19-7-5-4-6-17(19)21)11-15-8-9-18(22)14(2)10-15/h4-11,22H,3,12-13H2,1-2H3. The smallest absolute Gasteiger partial charge is 0.325 e. The van der Waals surface area contributed by atoms with Crippen molar-refractivity contribution < 1.29 is 14.6 Å². The van der Waals surface area contributed by atoms with Crippen molar-refractivity contribution in [2.45, 2.75) is 18.7 Å². The second kappa shape index (κ2) is 7.66. The van der Waals surface area contributed by atoms with Gasteiger partial charge in [-0.3, -0.25) is 4.79 Å². The van der Waals surface area contributed by atoms with Crippen LogP contribution in [0, 0.1) is 6.92 Å². The van der Waals surface area contributed by atoms with Crippen LogP contribution >= 0.6 is 11.8 Å². The molecule has 0 unspecified atom stereocenters. The molecule has 0 amide bonds. The summed E-state index contributed by atoms with van der Waals surface area (Å²) in [4.78, 5) is 16.3. The minimum atomic E-state index is -0.218. The third-order valence-electron chi connectivity index (χ3n) is 3.97. The lowest BCUT2D eigenvalue weighted by molar-refractivity contribution is -0.141. The van der Waals surface area contributed by atoms with E-state index in [1.54, 1.807) is 17.8 Å². The first-order valence-corrected chi connectivity index (χ1v) is 9.06. The molecule has 2 aromatic carbocycles. The molecule has 0 spiro atoms. The summed E-state index contributed by atoms with van der Waals surface area (Å²) in [7, 11) is 0. The molecule has 0 saturated carbocycles. The third-order valence-corrected chi connectivity index (χ3v) is 5.04. The van der Waals surface area contributed by atoms with Crippen molar-refractivity contribution in [3.8, 4) is 5.75 Å². The van der Waals surface area contributed by atoms with Gasteiger partial charge in [0.25, 0.3) is 0 Å². The Hall–Kier alpha value is -2.40. The Bertz CT molecular complexity index is 816. The quantitative estimate of drug-likeness (QED) is 0.832. The van der Waals surface area contributed by atoms with E-state index >= 15 is 0 Å². The number of anilines is 1. The van der Waals surface area contributed by atoms with Crippen LogP contribution in [0.1, 0.15) is 18.1 Å². The zero-order chi connectivity index (χ0) is 17.8. The Labute approximate surface area is 152 Å². The van der Waals surface area contributed by atoms with Crippen molar-refractivity contribution in [1.29, 1.82) is 0 Å². The number of aryl methyl sites for hydroxylation is 1. The Balaban J connectivity index is 1.89. The van der Waals surface area contributed by atoms with E-state index in [0.717, 1.165) is 26.6 Å². The number of nitrogens with zero attached hydrogens (tertiary/aromatic N) is 1. The van der Waals surface area contributed by atoms with Crippen LogP contribution in [-0.4, -0.2) is 30.8 Å². The van der Waals surface area contributed by atoms with Crippen LogP contribution in [0.3, 0.4) is 0 Å². The largest absolute Gasteiger partial charge is 0.508 e. The molecule has 0 radical (unpaired) electrons. The minimum Gasteiger partial charge on any atom is -0.508 e. The number of thioether (sulfide) groups is 1. The molecule has 0 saturated heterocycles. The van der Waals surface area contributed by atoms with Crippen molar-refractivity contribution in [1.82, 2.24) is 0 Å². The molecule has 1 aliphatic heterocycles. The van der Waals surface area contributed by atoms with Crippen molar-refractivity contribution >= 4 is 29.5 Å². The number of esters is 1. The molecule has 2 aromatic rings. The van der Waals surface area contributed by atoms with Crippen molar-refractivity contribution in [3.05, 3.63) is 58.5 Å². The topological polar surface area (TPSA) is 49.8 Å². The molecule has 0 aliphatic carbocycles. The molecule has 5 heteroatoms. The summed E-state index contributed by atoms with van der Waals surface area (Å²) in [5.74, 6) is 0.0803. The van der Waals surface area contributed by atoms with Crippen LogP contribution in [0.2, 0.25) is 0 Å². The highest BCUT2D eigenvalue weighted by Gasteiger charge is 2.22. The maximum atomic E-state index is 12.0. The highest BCUT2D eigenvalue weighted by molar-refractivity contribution is 8.03. The van der Waals surface area contributed by atoms with Crippen molar-refractivity contribution in [2.75, 3.05) is 24.6 Å². The number of phenols is 1. The number of fused-ring (bicyclic) bond motifs is 1.